The van der Waals surface area contributed by atoms with Crippen LogP contribution in [-0.2, 0) is 4.74 Å². The summed E-state index contributed by atoms with van der Waals surface area (Å²) in [4.78, 5) is 4.54. The lowest BCUT2D eigenvalue weighted by Gasteiger charge is -2.34. The molecule has 0 radical (unpaired) electrons. The lowest BCUT2D eigenvalue weighted by Crippen LogP contribution is -2.47. The van der Waals surface area contributed by atoms with Crippen LogP contribution in [0.25, 0.3) is 0 Å². The van der Waals surface area contributed by atoms with Crippen molar-refractivity contribution in [3.8, 4) is 0 Å². The zero-order valence-corrected chi connectivity index (χ0v) is 10.1. The average molecular weight is 216 g/mol. The van der Waals surface area contributed by atoms with Gasteiger partial charge >= 0.3 is 0 Å². The fourth-order valence-electron chi connectivity index (χ4n) is 2.05. The van der Waals surface area contributed by atoms with Crippen LogP contribution in [0.3, 0.4) is 0 Å². The van der Waals surface area contributed by atoms with Crippen molar-refractivity contribution in [2.45, 2.75) is 26.1 Å². The van der Waals surface area contributed by atoms with Crippen LogP contribution in [0.15, 0.2) is 0 Å². The van der Waals surface area contributed by atoms with Crippen molar-refractivity contribution in [2.75, 3.05) is 46.4 Å². The van der Waals surface area contributed by atoms with E-state index >= 15 is 0 Å². The molecule has 1 aliphatic heterocycles. The first kappa shape index (κ1) is 12.9. The van der Waals surface area contributed by atoms with Gasteiger partial charge in [0.15, 0.2) is 0 Å². The first-order chi connectivity index (χ1) is 7.11. The molecular formula is C11H24N2O2. The third-order valence-corrected chi connectivity index (χ3v) is 2.76. The van der Waals surface area contributed by atoms with Crippen LogP contribution in [0.5, 0.6) is 0 Å². The Hall–Kier alpha value is -0.160. The number of rotatable bonds is 5. The highest BCUT2D eigenvalue weighted by atomic mass is 16.5. The van der Waals surface area contributed by atoms with E-state index in [1.54, 1.807) is 0 Å². The van der Waals surface area contributed by atoms with Crippen LogP contribution in [0.4, 0.5) is 0 Å². The molecule has 0 aromatic heterocycles. The van der Waals surface area contributed by atoms with E-state index in [0.29, 0.717) is 12.6 Å². The molecule has 0 spiro atoms. The van der Waals surface area contributed by atoms with Gasteiger partial charge < -0.3 is 14.7 Å². The van der Waals surface area contributed by atoms with Crippen LogP contribution in [0.1, 0.15) is 13.8 Å². The highest BCUT2D eigenvalue weighted by Gasteiger charge is 2.20. The molecule has 15 heavy (non-hydrogen) atoms. The average Bonchev–Trinajstić information content (AvgIpc) is 2.16. The number of morpholine rings is 1. The molecule has 1 saturated heterocycles. The summed E-state index contributed by atoms with van der Waals surface area (Å²) in [6, 6.07) is 0. The summed E-state index contributed by atoms with van der Waals surface area (Å²) in [6.07, 6.45) is 0.0309. The van der Waals surface area contributed by atoms with Gasteiger partial charge in [-0.2, -0.15) is 0 Å². The van der Waals surface area contributed by atoms with Crippen molar-refractivity contribution in [1.82, 2.24) is 9.80 Å². The summed E-state index contributed by atoms with van der Waals surface area (Å²) >= 11 is 0. The molecule has 90 valence electrons. The molecule has 1 fully saturated rings. The van der Waals surface area contributed by atoms with Gasteiger partial charge in [0.05, 0.1) is 18.8 Å². The van der Waals surface area contributed by atoms with E-state index < -0.39 is 0 Å². The topological polar surface area (TPSA) is 35.9 Å². The van der Waals surface area contributed by atoms with E-state index in [-0.39, 0.29) is 6.10 Å². The molecule has 1 N–H and O–H groups in total. The summed E-state index contributed by atoms with van der Waals surface area (Å²) in [5, 5.41) is 9.26. The van der Waals surface area contributed by atoms with Crippen LogP contribution in [-0.4, -0.2) is 73.5 Å². The highest BCUT2D eigenvalue weighted by Crippen LogP contribution is 2.06. The van der Waals surface area contributed by atoms with Crippen molar-refractivity contribution in [3.05, 3.63) is 0 Å². The third-order valence-electron chi connectivity index (χ3n) is 2.76. The number of aliphatic hydroxyl groups is 1. The van der Waals surface area contributed by atoms with E-state index in [4.69, 9.17) is 4.74 Å². The quantitative estimate of drug-likeness (QED) is 0.703. The van der Waals surface area contributed by atoms with Gasteiger partial charge in [-0.15, -0.1) is 0 Å². The first-order valence-electron chi connectivity index (χ1n) is 5.82. The number of likely N-dealkylation sites (N-methyl/N-ethyl adjacent to an activating group) is 2. The van der Waals surface area contributed by atoms with Crippen LogP contribution < -0.4 is 0 Å². The lowest BCUT2D eigenvalue weighted by molar-refractivity contribution is -0.0419. The monoisotopic (exact) mass is 216 g/mol. The third kappa shape index (κ3) is 4.93. The molecular weight excluding hydrogens is 192 g/mol. The van der Waals surface area contributed by atoms with E-state index in [1.807, 2.05) is 14.0 Å². The van der Waals surface area contributed by atoms with Crippen molar-refractivity contribution in [3.63, 3.8) is 0 Å². The van der Waals surface area contributed by atoms with Crippen LogP contribution >= 0.6 is 0 Å². The summed E-state index contributed by atoms with van der Waals surface area (Å²) in [5.74, 6) is 0. The summed E-state index contributed by atoms with van der Waals surface area (Å²) in [6.45, 7) is 9.61. The second-order valence-corrected chi connectivity index (χ2v) is 4.46. The minimum Gasteiger partial charge on any atom is -0.392 e. The maximum atomic E-state index is 9.26. The number of hydrogen-bond donors (Lipinski definition) is 1. The van der Waals surface area contributed by atoms with Gasteiger partial charge in [-0.3, -0.25) is 4.90 Å². The van der Waals surface area contributed by atoms with Crippen LogP contribution in [0, 0.1) is 0 Å². The first-order valence-corrected chi connectivity index (χ1v) is 5.82. The molecule has 0 bridgehead atoms. The van der Waals surface area contributed by atoms with Gasteiger partial charge in [0.2, 0.25) is 0 Å². The minimum atomic E-state index is -0.263. The molecule has 4 heteroatoms. The predicted octanol–water partition coefficient (Wildman–Crippen LogP) is 0.0197. The molecule has 1 rings (SSSR count). The predicted molar refractivity (Wildman–Crippen MR) is 61.0 cm³/mol. The zero-order chi connectivity index (χ0) is 11.3. The summed E-state index contributed by atoms with van der Waals surface area (Å²) in [7, 11) is 2.03. The fourth-order valence-corrected chi connectivity index (χ4v) is 2.05. The van der Waals surface area contributed by atoms with Gasteiger partial charge in [-0.1, -0.05) is 6.92 Å². The Morgan fingerprint density at radius 2 is 2.33 bits per heavy atom. The molecule has 0 amide bonds. The van der Waals surface area contributed by atoms with Crippen molar-refractivity contribution >= 4 is 0 Å². The number of nitrogens with zero attached hydrogens (tertiary/aromatic N) is 2. The Bertz CT molecular complexity index is 176. The molecule has 0 aliphatic carbocycles. The maximum Gasteiger partial charge on any atom is 0.0829 e. The van der Waals surface area contributed by atoms with Crippen molar-refractivity contribution in [1.29, 1.82) is 0 Å². The second-order valence-electron chi connectivity index (χ2n) is 4.46. The van der Waals surface area contributed by atoms with E-state index in [0.717, 1.165) is 32.8 Å². The maximum absolute atomic E-state index is 9.26. The molecule has 1 aliphatic rings. The van der Waals surface area contributed by atoms with Crippen molar-refractivity contribution < 1.29 is 9.84 Å². The Labute approximate surface area is 92.8 Å². The molecule has 1 heterocycles. The zero-order valence-electron chi connectivity index (χ0n) is 10.1. The van der Waals surface area contributed by atoms with Crippen LogP contribution in [0.2, 0.25) is 0 Å². The van der Waals surface area contributed by atoms with Gasteiger partial charge in [0.25, 0.3) is 0 Å². The standard InChI is InChI=1S/C11H24N2O2/c1-4-13-5-6-15-11(9-13)8-12(3)7-10(2)14/h10-11,14H,4-9H2,1-3H3. The normalized spacial score (nSPS) is 25.8. The second kappa shape index (κ2) is 6.43. The summed E-state index contributed by atoms with van der Waals surface area (Å²) in [5.41, 5.74) is 0. The van der Waals surface area contributed by atoms with E-state index in [9.17, 15) is 5.11 Å². The van der Waals surface area contributed by atoms with Gasteiger partial charge in [0.1, 0.15) is 0 Å². The molecule has 0 aromatic carbocycles. The lowest BCUT2D eigenvalue weighted by atomic mass is 10.2. The number of aliphatic hydroxyl groups excluding tert-OH is 1. The smallest absolute Gasteiger partial charge is 0.0829 e. The highest BCUT2D eigenvalue weighted by molar-refractivity contribution is 4.73. The molecule has 2 atom stereocenters. The molecule has 4 nitrogen and oxygen atoms in total. The SMILES string of the molecule is CCN1CCOC(CN(C)CC(C)O)C1. The van der Waals surface area contributed by atoms with Gasteiger partial charge in [0, 0.05) is 26.2 Å². The largest absolute Gasteiger partial charge is 0.392 e. The Morgan fingerprint density at radius 3 is 2.93 bits per heavy atom. The Balaban J connectivity index is 2.25. The van der Waals surface area contributed by atoms with E-state index in [2.05, 4.69) is 16.7 Å². The Kier molecular flexibility index (Phi) is 5.53. The minimum absolute atomic E-state index is 0.263. The van der Waals surface area contributed by atoms with Gasteiger partial charge in [-0.05, 0) is 20.5 Å². The van der Waals surface area contributed by atoms with E-state index in [1.165, 1.54) is 0 Å². The van der Waals surface area contributed by atoms with Crippen molar-refractivity contribution in [2.24, 2.45) is 0 Å². The number of ether oxygens (including phenoxy) is 1. The molecule has 0 saturated carbocycles. The Morgan fingerprint density at radius 1 is 1.60 bits per heavy atom. The summed E-state index contributed by atoms with van der Waals surface area (Å²) < 4.78 is 5.70. The van der Waals surface area contributed by atoms with Gasteiger partial charge in [-0.25, -0.2) is 0 Å². The number of hydrogen-bond acceptors (Lipinski definition) is 4. The molecule has 0 aromatic rings. The molecule has 2 unspecified atom stereocenters. The fraction of sp³-hybridized carbons (Fsp3) is 1.00.